The normalized spacial score (nSPS) is 13.7. The number of nitrogens with zero attached hydrogens (tertiary/aromatic N) is 2. The van der Waals surface area contributed by atoms with Crippen LogP contribution in [0, 0.1) is 19.7 Å². The van der Waals surface area contributed by atoms with Crippen molar-refractivity contribution >= 4 is 23.2 Å². The quantitative estimate of drug-likeness (QED) is 0.654. The van der Waals surface area contributed by atoms with E-state index in [1.165, 1.54) is 29.4 Å². The van der Waals surface area contributed by atoms with Gasteiger partial charge in [-0.05, 0) is 55.3 Å². The van der Waals surface area contributed by atoms with Crippen LogP contribution in [-0.2, 0) is 0 Å². The van der Waals surface area contributed by atoms with Gasteiger partial charge in [-0.1, -0.05) is 36.4 Å². The van der Waals surface area contributed by atoms with Crippen LogP contribution in [0.25, 0.3) is 0 Å². The van der Waals surface area contributed by atoms with E-state index < -0.39 is 11.7 Å². The summed E-state index contributed by atoms with van der Waals surface area (Å²) < 4.78 is 13.9. The van der Waals surface area contributed by atoms with E-state index in [0.717, 1.165) is 18.7 Å². The Balaban J connectivity index is 1.45. The molecule has 5 nitrogen and oxygen atoms in total. The van der Waals surface area contributed by atoms with E-state index in [0.29, 0.717) is 24.3 Å². The summed E-state index contributed by atoms with van der Waals surface area (Å²) >= 11 is 0. The van der Waals surface area contributed by atoms with E-state index in [-0.39, 0.29) is 11.5 Å². The van der Waals surface area contributed by atoms with Crippen LogP contribution >= 0.6 is 0 Å². The lowest BCUT2D eigenvalue weighted by molar-refractivity contribution is 0.0746. The minimum absolute atomic E-state index is 0.0315. The number of aryl methyl sites for hydroxylation is 2. The minimum Gasteiger partial charge on any atom is -0.368 e. The number of piperazine rings is 1. The Labute approximate surface area is 187 Å². The van der Waals surface area contributed by atoms with Gasteiger partial charge in [-0.2, -0.15) is 0 Å². The van der Waals surface area contributed by atoms with Gasteiger partial charge in [0.2, 0.25) is 0 Å². The summed E-state index contributed by atoms with van der Waals surface area (Å²) in [6.07, 6.45) is 0. The van der Waals surface area contributed by atoms with Crippen LogP contribution in [0.4, 0.5) is 15.8 Å². The molecule has 1 fully saturated rings. The number of amides is 2. The highest BCUT2D eigenvalue weighted by Crippen LogP contribution is 2.23. The molecular weight excluding hydrogens is 405 g/mol. The number of hydrogen-bond acceptors (Lipinski definition) is 3. The van der Waals surface area contributed by atoms with Crippen molar-refractivity contribution in [2.24, 2.45) is 0 Å². The first-order valence-electron chi connectivity index (χ1n) is 10.7. The zero-order valence-electron chi connectivity index (χ0n) is 18.3. The van der Waals surface area contributed by atoms with Gasteiger partial charge < -0.3 is 15.1 Å². The average Bonchev–Trinajstić information content (AvgIpc) is 2.81. The standard InChI is InChI=1S/C26H26FN3O2/c1-18-11-12-20(17-23(18)28-25(31)21-8-4-5-9-22(21)27)26(32)30-15-13-29(14-16-30)24-10-6-3-7-19(24)2/h3-12,17H,13-16H2,1-2H3,(H,28,31). The number of carbonyl (C=O) groups is 2. The number of nitrogens with one attached hydrogen (secondary N) is 1. The summed E-state index contributed by atoms with van der Waals surface area (Å²) in [6.45, 7) is 6.71. The van der Waals surface area contributed by atoms with E-state index in [1.807, 2.05) is 24.0 Å². The maximum absolute atomic E-state index is 13.9. The number of carbonyl (C=O) groups excluding carboxylic acids is 2. The van der Waals surface area contributed by atoms with Gasteiger partial charge in [0.25, 0.3) is 11.8 Å². The van der Waals surface area contributed by atoms with Gasteiger partial charge in [-0.3, -0.25) is 9.59 Å². The second-order valence-electron chi connectivity index (χ2n) is 8.03. The van der Waals surface area contributed by atoms with E-state index >= 15 is 0 Å². The highest BCUT2D eigenvalue weighted by molar-refractivity contribution is 6.05. The summed E-state index contributed by atoms with van der Waals surface area (Å²) in [4.78, 5) is 29.8. The molecule has 0 bridgehead atoms. The smallest absolute Gasteiger partial charge is 0.258 e. The number of benzene rings is 3. The fraction of sp³-hybridized carbons (Fsp3) is 0.231. The first kappa shape index (κ1) is 21.6. The predicted octanol–water partition coefficient (Wildman–Crippen LogP) is 4.66. The Morgan fingerprint density at radius 2 is 1.53 bits per heavy atom. The van der Waals surface area contributed by atoms with Gasteiger partial charge >= 0.3 is 0 Å². The van der Waals surface area contributed by atoms with Crippen molar-refractivity contribution in [3.8, 4) is 0 Å². The average molecular weight is 432 g/mol. The Morgan fingerprint density at radius 3 is 2.25 bits per heavy atom. The third-order valence-electron chi connectivity index (χ3n) is 5.87. The van der Waals surface area contributed by atoms with Crippen molar-refractivity contribution in [1.82, 2.24) is 4.90 Å². The molecule has 0 unspecified atom stereocenters. The molecule has 0 spiro atoms. The van der Waals surface area contributed by atoms with Gasteiger partial charge in [0.05, 0.1) is 5.56 Å². The topological polar surface area (TPSA) is 52.7 Å². The number of para-hydroxylation sites is 1. The Bertz CT molecular complexity index is 1150. The molecule has 0 atom stereocenters. The van der Waals surface area contributed by atoms with Gasteiger partial charge in [-0.15, -0.1) is 0 Å². The Kier molecular flexibility index (Phi) is 6.21. The van der Waals surface area contributed by atoms with Crippen LogP contribution in [0.15, 0.2) is 66.7 Å². The van der Waals surface area contributed by atoms with Crippen LogP contribution in [-0.4, -0.2) is 42.9 Å². The molecule has 0 saturated carbocycles. The number of halogens is 1. The molecule has 1 saturated heterocycles. The van der Waals surface area contributed by atoms with Gasteiger partial charge in [0.1, 0.15) is 5.82 Å². The van der Waals surface area contributed by atoms with Gasteiger partial charge in [0.15, 0.2) is 0 Å². The molecule has 1 heterocycles. The van der Waals surface area contributed by atoms with Gasteiger partial charge in [-0.25, -0.2) is 4.39 Å². The number of hydrogen-bond donors (Lipinski definition) is 1. The van der Waals surface area contributed by atoms with Crippen molar-refractivity contribution in [2.75, 3.05) is 36.4 Å². The molecule has 0 aliphatic carbocycles. The molecule has 3 aromatic carbocycles. The third-order valence-corrected chi connectivity index (χ3v) is 5.87. The lowest BCUT2D eigenvalue weighted by atomic mass is 10.1. The predicted molar refractivity (Wildman–Crippen MR) is 125 cm³/mol. The van der Waals surface area contributed by atoms with Crippen molar-refractivity contribution in [3.05, 3.63) is 94.8 Å². The minimum atomic E-state index is -0.582. The lowest BCUT2D eigenvalue weighted by Crippen LogP contribution is -2.49. The van der Waals surface area contributed by atoms with Crippen LogP contribution in [0.5, 0.6) is 0 Å². The molecule has 1 N–H and O–H groups in total. The highest BCUT2D eigenvalue weighted by atomic mass is 19.1. The van der Waals surface area contributed by atoms with E-state index in [9.17, 15) is 14.0 Å². The molecule has 0 radical (unpaired) electrons. The van der Waals surface area contributed by atoms with Gasteiger partial charge in [0, 0.05) is 43.1 Å². The van der Waals surface area contributed by atoms with Crippen molar-refractivity contribution in [2.45, 2.75) is 13.8 Å². The van der Waals surface area contributed by atoms with E-state index in [2.05, 4.69) is 29.3 Å². The summed E-state index contributed by atoms with van der Waals surface area (Å²) in [5.74, 6) is -1.19. The molecule has 1 aliphatic rings. The van der Waals surface area contributed by atoms with E-state index in [1.54, 1.807) is 24.3 Å². The Hall–Kier alpha value is -3.67. The second kappa shape index (κ2) is 9.22. The summed E-state index contributed by atoms with van der Waals surface area (Å²) in [6, 6.07) is 19.3. The molecule has 0 aromatic heterocycles. The van der Waals surface area contributed by atoms with Crippen LogP contribution in [0.2, 0.25) is 0 Å². The fourth-order valence-corrected chi connectivity index (χ4v) is 3.98. The first-order chi connectivity index (χ1) is 15.4. The summed E-state index contributed by atoms with van der Waals surface area (Å²) in [5, 5.41) is 2.74. The summed E-state index contributed by atoms with van der Waals surface area (Å²) in [7, 11) is 0. The molecule has 2 amide bonds. The maximum Gasteiger partial charge on any atom is 0.258 e. The second-order valence-corrected chi connectivity index (χ2v) is 8.03. The number of anilines is 2. The lowest BCUT2D eigenvalue weighted by Gasteiger charge is -2.37. The van der Waals surface area contributed by atoms with Crippen LogP contribution in [0.1, 0.15) is 31.8 Å². The maximum atomic E-state index is 13.9. The van der Waals surface area contributed by atoms with Crippen LogP contribution < -0.4 is 10.2 Å². The molecule has 6 heteroatoms. The molecule has 4 rings (SSSR count). The summed E-state index contributed by atoms with van der Waals surface area (Å²) in [5.41, 5.74) is 4.20. The molecule has 1 aliphatic heterocycles. The Morgan fingerprint density at radius 1 is 0.844 bits per heavy atom. The van der Waals surface area contributed by atoms with Crippen molar-refractivity contribution in [1.29, 1.82) is 0 Å². The zero-order valence-corrected chi connectivity index (χ0v) is 18.3. The molecular formula is C26H26FN3O2. The van der Waals surface area contributed by atoms with Crippen molar-refractivity contribution in [3.63, 3.8) is 0 Å². The fourth-order valence-electron chi connectivity index (χ4n) is 3.98. The third kappa shape index (κ3) is 4.49. The first-order valence-corrected chi connectivity index (χ1v) is 10.7. The van der Waals surface area contributed by atoms with E-state index in [4.69, 9.17) is 0 Å². The molecule has 3 aromatic rings. The zero-order chi connectivity index (χ0) is 22.7. The molecule has 164 valence electrons. The number of rotatable bonds is 4. The van der Waals surface area contributed by atoms with Crippen molar-refractivity contribution < 1.29 is 14.0 Å². The van der Waals surface area contributed by atoms with Crippen LogP contribution in [0.3, 0.4) is 0 Å². The SMILES string of the molecule is Cc1ccc(C(=O)N2CCN(c3ccccc3C)CC2)cc1NC(=O)c1ccccc1F. The molecule has 32 heavy (non-hydrogen) atoms. The monoisotopic (exact) mass is 431 g/mol. The largest absolute Gasteiger partial charge is 0.368 e. The highest BCUT2D eigenvalue weighted by Gasteiger charge is 2.23.